The van der Waals surface area contributed by atoms with Gasteiger partial charge in [0.05, 0.1) is 11.8 Å². The number of furan rings is 1. The topological polar surface area (TPSA) is 77.0 Å². The van der Waals surface area contributed by atoms with Crippen molar-refractivity contribution in [2.75, 3.05) is 11.1 Å². The van der Waals surface area contributed by atoms with Crippen LogP contribution < -0.4 is 11.1 Å². The first-order valence-corrected chi connectivity index (χ1v) is 8.12. The maximum Gasteiger partial charge on any atom is 0.222 e. The van der Waals surface area contributed by atoms with Gasteiger partial charge in [-0.05, 0) is 48.5 Å². The molecule has 0 aliphatic carbocycles. The molecule has 3 N–H and O–H groups in total. The molecule has 2 aromatic heterocycles. The Balaban J connectivity index is 1.85. The molecule has 0 amide bonds. The van der Waals surface area contributed by atoms with Crippen molar-refractivity contribution in [1.82, 2.24) is 9.97 Å². The highest BCUT2D eigenvalue weighted by Crippen LogP contribution is 2.30. The van der Waals surface area contributed by atoms with Gasteiger partial charge in [-0.25, -0.2) is 4.98 Å². The Labute approximate surface area is 146 Å². The summed E-state index contributed by atoms with van der Waals surface area (Å²) in [7, 11) is 0. The Bertz CT molecular complexity index is 1010. The molecular weight excluding hydrogens is 368 g/mol. The summed E-state index contributed by atoms with van der Waals surface area (Å²) in [6, 6.07) is 17.5. The quantitative estimate of drug-likeness (QED) is 0.524. The van der Waals surface area contributed by atoms with Crippen LogP contribution >= 0.6 is 15.9 Å². The van der Waals surface area contributed by atoms with E-state index in [0.717, 1.165) is 32.4 Å². The van der Waals surface area contributed by atoms with Crippen molar-refractivity contribution in [3.63, 3.8) is 0 Å². The lowest BCUT2D eigenvalue weighted by molar-refractivity contribution is 0.582. The first-order chi connectivity index (χ1) is 11.7. The smallest absolute Gasteiger partial charge is 0.222 e. The normalized spacial score (nSPS) is 10.9. The molecule has 0 aliphatic rings. The molecule has 2 aromatic carbocycles. The number of nitrogen functional groups attached to an aromatic ring is 1. The zero-order valence-electron chi connectivity index (χ0n) is 12.5. The summed E-state index contributed by atoms with van der Waals surface area (Å²) in [6.07, 6.45) is 1.65. The van der Waals surface area contributed by atoms with Gasteiger partial charge in [0.1, 0.15) is 11.6 Å². The second-order valence-corrected chi connectivity index (χ2v) is 6.19. The average molecular weight is 381 g/mol. The van der Waals surface area contributed by atoms with Crippen LogP contribution in [0.4, 0.5) is 17.5 Å². The number of hydrogen-bond acceptors (Lipinski definition) is 5. The highest BCUT2D eigenvalue weighted by Gasteiger charge is 2.10. The number of nitrogens with two attached hydrogens (primary N) is 1. The lowest BCUT2D eigenvalue weighted by Gasteiger charge is -2.10. The molecule has 0 saturated carbocycles. The lowest BCUT2D eigenvalue weighted by Crippen LogP contribution is -2.01. The van der Waals surface area contributed by atoms with Gasteiger partial charge < -0.3 is 15.5 Å². The van der Waals surface area contributed by atoms with E-state index < -0.39 is 0 Å². The molecule has 0 bridgehead atoms. The molecule has 0 fully saturated rings. The van der Waals surface area contributed by atoms with Crippen molar-refractivity contribution in [2.24, 2.45) is 0 Å². The number of nitrogens with one attached hydrogen (secondary N) is 1. The summed E-state index contributed by atoms with van der Waals surface area (Å²) in [6.45, 7) is 0. The largest absolute Gasteiger partial charge is 0.464 e. The van der Waals surface area contributed by atoms with Crippen molar-refractivity contribution in [3.05, 3.63) is 65.3 Å². The second kappa shape index (κ2) is 5.98. The second-order valence-electron chi connectivity index (χ2n) is 5.27. The van der Waals surface area contributed by atoms with Crippen LogP contribution in [0, 0.1) is 0 Å². The summed E-state index contributed by atoms with van der Waals surface area (Å²) in [5, 5.41) is 4.18. The molecule has 0 radical (unpaired) electrons. The summed E-state index contributed by atoms with van der Waals surface area (Å²) < 4.78 is 6.46. The molecule has 5 nitrogen and oxygen atoms in total. The molecule has 2 heterocycles. The standard InChI is InChI=1S/C18H13BrN4O/c19-12-3-1-4-13(10-12)21-17-14-9-11(16-5-2-8-24-16)6-7-15(14)22-18(20)23-17/h1-10H,(H3,20,21,22,23). The van der Waals surface area contributed by atoms with E-state index in [1.165, 1.54) is 0 Å². The number of benzene rings is 2. The van der Waals surface area contributed by atoms with Crippen LogP contribution in [0.2, 0.25) is 0 Å². The number of anilines is 3. The van der Waals surface area contributed by atoms with Crippen LogP contribution in [0.1, 0.15) is 0 Å². The fourth-order valence-corrected chi connectivity index (χ4v) is 2.94. The first kappa shape index (κ1) is 14.7. The van der Waals surface area contributed by atoms with Gasteiger partial charge in [0, 0.05) is 21.1 Å². The van der Waals surface area contributed by atoms with Crippen molar-refractivity contribution < 1.29 is 4.42 Å². The van der Waals surface area contributed by atoms with Gasteiger partial charge in [-0.15, -0.1) is 0 Å². The molecule has 4 aromatic rings. The highest BCUT2D eigenvalue weighted by atomic mass is 79.9. The summed E-state index contributed by atoms with van der Waals surface area (Å²) in [5.74, 6) is 1.68. The summed E-state index contributed by atoms with van der Waals surface area (Å²) in [4.78, 5) is 8.66. The minimum Gasteiger partial charge on any atom is -0.464 e. The number of hydrogen-bond donors (Lipinski definition) is 2. The number of fused-ring (bicyclic) bond motifs is 1. The van der Waals surface area contributed by atoms with Crippen LogP contribution in [0.15, 0.2) is 69.8 Å². The number of halogens is 1. The molecule has 0 saturated heterocycles. The van der Waals surface area contributed by atoms with Crippen LogP contribution in [-0.4, -0.2) is 9.97 Å². The summed E-state index contributed by atoms with van der Waals surface area (Å²) in [5.41, 5.74) is 8.49. The predicted octanol–water partition coefficient (Wildman–Crippen LogP) is 4.98. The van der Waals surface area contributed by atoms with Crippen LogP contribution in [0.25, 0.3) is 22.2 Å². The Hall–Kier alpha value is -2.86. The van der Waals surface area contributed by atoms with Gasteiger partial charge in [0.25, 0.3) is 0 Å². The van der Waals surface area contributed by atoms with Crippen molar-refractivity contribution in [3.8, 4) is 11.3 Å². The van der Waals surface area contributed by atoms with Gasteiger partial charge in [0.2, 0.25) is 5.95 Å². The van der Waals surface area contributed by atoms with E-state index >= 15 is 0 Å². The van der Waals surface area contributed by atoms with E-state index in [2.05, 4.69) is 31.2 Å². The molecule has 0 atom stereocenters. The minimum atomic E-state index is 0.228. The van der Waals surface area contributed by atoms with Crippen molar-refractivity contribution in [2.45, 2.75) is 0 Å². The molecule has 6 heteroatoms. The Morgan fingerprint density at radius 1 is 1.00 bits per heavy atom. The predicted molar refractivity (Wildman–Crippen MR) is 99.1 cm³/mol. The Kier molecular flexibility index (Phi) is 3.66. The van der Waals surface area contributed by atoms with E-state index in [-0.39, 0.29) is 5.95 Å². The molecule has 24 heavy (non-hydrogen) atoms. The fraction of sp³-hybridized carbons (Fsp3) is 0. The van der Waals surface area contributed by atoms with Crippen molar-refractivity contribution >= 4 is 44.3 Å². The summed E-state index contributed by atoms with van der Waals surface area (Å²) >= 11 is 3.47. The number of nitrogens with zero attached hydrogens (tertiary/aromatic N) is 2. The third-order valence-corrected chi connectivity index (χ3v) is 4.10. The van der Waals surface area contributed by atoms with E-state index in [4.69, 9.17) is 10.2 Å². The zero-order chi connectivity index (χ0) is 16.5. The molecule has 4 rings (SSSR count). The van der Waals surface area contributed by atoms with Gasteiger partial charge in [0.15, 0.2) is 0 Å². The Morgan fingerprint density at radius 2 is 1.92 bits per heavy atom. The lowest BCUT2D eigenvalue weighted by atomic mass is 10.1. The molecule has 0 unspecified atom stereocenters. The maximum atomic E-state index is 5.85. The highest BCUT2D eigenvalue weighted by molar-refractivity contribution is 9.10. The average Bonchev–Trinajstić information content (AvgIpc) is 3.09. The molecule has 0 aliphatic heterocycles. The third-order valence-electron chi connectivity index (χ3n) is 3.61. The zero-order valence-corrected chi connectivity index (χ0v) is 14.1. The van der Waals surface area contributed by atoms with E-state index in [0.29, 0.717) is 5.82 Å². The van der Waals surface area contributed by atoms with Crippen LogP contribution in [0.5, 0.6) is 0 Å². The van der Waals surface area contributed by atoms with Gasteiger partial charge in [-0.3, -0.25) is 0 Å². The monoisotopic (exact) mass is 380 g/mol. The van der Waals surface area contributed by atoms with E-state index in [9.17, 15) is 0 Å². The maximum absolute atomic E-state index is 5.85. The van der Waals surface area contributed by atoms with Gasteiger partial charge in [-0.2, -0.15) is 4.98 Å². The van der Waals surface area contributed by atoms with E-state index in [1.54, 1.807) is 6.26 Å². The van der Waals surface area contributed by atoms with E-state index in [1.807, 2.05) is 54.6 Å². The van der Waals surface area contributed by atoms with Crippen LogP contribution in [0.3, 0.4) is 0 Å². The molecular formula is C18H13BrN4O. The molecule has 0 spiro atoms. The fourth-order valence-electron chi connectivity index (χ4n) is 2.54. The van der Waals surface area contributed by atoms with Gasteiger partial charge in [-0.1, -0.05) is 22.0 Å². The Morgan fingerprint density at radius 3 is 2.71 bits per heavy atom. The van der Waals surface area contributed by atoms with Crippen molar-refractivity contribution in [1.29, 1.82) is 0 Å². The molecule has 118 valence electrons. The number of rotatable bonds is 3. The van der Waals surface area contributed by atoms with Gasteiger partial charge >= 0.3 is 0 Å². The third kappa shape index (κ3) is 2.83. The minimum absolute atomic E-state index is 0.228. The number of aromatic nitrogens is 2. The van der Waals surface area contributed by atoms with Crippen LogP contribution in [-0.2, 0) is 0 Å². The first-order valence-electron chi connectivity index (χ1n) is 7.33. The SMILES string of the molecule is Nc1nc(Nc2cccc(Br)c2)c2cc(-c3ccco3)ccc2n1.